The Bertz CT molecular complexity index is 566. The molecule has 0 unspecified atom stereocenters. The zero-order valence-electron chi connectivity index (χ0n) is 12.0. The van der Waals surface area contributed by atoms with Gasteiger partial charge < -0.3 is 14.5 Å². The predicted octanol–water partition coefficient (Wildman–Crippen LogP) is 1.26. The summed E-state index contributed by atoms with van der Waals surface area (Å²) in [6, 6.07) is 6.13. The Balaban J connectivity index is 1.61. The number of ether oxygens (including phenoxy) is 1. The predicted molar refractivity (Wildman–Crippen MR) is 80.7 cm³/mol. The smallest absolute Gasteiger partial charge is 0.242 e. The molecular weight excluding hydrogens is 307 g/mol. The van der Waals surface area contributed by atoms with Gasteiger partial charge in [-0.1, -0.05) is 12.1 Å². The third-order valence-corrected chi connectivity index (χ3v) is 4.76. The van der Waals surface area contributed by atoms with E-state index in [-0.39, 0.29) is 30.3 Å². The van der Waals surface area contributed by atoms with Crippen molar-refractivity contribution < 1.29 is 18.7 Å². The van der Waals surface area contributed by atoms with Crippen LogP contribution in [0.15, 0.2) is 24.3 Å². The molecule has 2 amide bonds. The standard InChI is InChI=1S/C15H17FN2O3S/c16-12-3-1-11(2-4-12)13-7-17(5-6-21-13)14(19)8-18-10-22-9-15(18)20/h1-4,13H,5-10H2/t13-/m0/s1. The molecule has 0 N–H and O–H groups in total. The van der Waals surface area contributed by atoms with Crippen LogP contribution in [0, 0.1) is 5.82 Å². The fraction of sp³-hybridized carbons (Fsp3) is 0.467. The number of thioether (sulfide) groups is 1. The maximum absolute atomic E-state index is 13.0. The maximum Gasteiger partial charge on any atom is 0.242 e. The van der Waals surface area contributed by atoms with Crippen molar-refractivity contribution >= 4 is 23.6 Å². The Kier molecular flexibility index (Phi) is 4.63. The highest BCUT2D eigenvalue weighted by molar-refractivity contribution is 8.00. The Labute approximate surface area is 132 Å². The van der Waals surface area contributed by atoms with Gasteiger partial charge in [-0.05, 0) is 17.7 Å². The van der Waals surface area contributed by atoms with Crippen LogP contribution < -0.4 is 0 Å². The molecule has 0 aliphatic carbocycles. The quantitative estimate of drug-likeness (QED) is 0.840. The minimum absolute atomic E-state index is 0.0155. The molecule has 1 aromatic carbocycles. The molecule has 0 radical (unpaired) electrons. The number of carbonyl (C=O) groups is 2. The summed E-state index contributed by atoms with van der Waals surface area (Å²) in [6.07, 6.45) is -0.248. The van der Waals surface area contributed by atoms with E-state index in [1.165, 1.54) is 23.9 Å². The van der Waals surface area contributed by atoms with Crippen LogP contribution in [0.4, 0.5) is 4.39 Å². The SMILES string of the molecule is O=C1CSCN1CC(=O)N1CCO[C@H](c2ccc(F)cc2)C1. The first-order valence-electron chi connectivity index (χ1n) is 7.14. The van der Waals surface area contributed by atoms with E-state index in [1.807, 2.05) is 0 Å². The third-order valence-electron chi connectivity index (χ3n) is 3.81. The molecule has 0 saturated carbocycles. The molecule has 2 saturated heterocycles. The molecule has 0 bridgehead atoms. The molecule has 2 heterocycles. The molecule has 2 aliphatic heterocycles. The average Bonchev–Trinajstić information content (AvgIpc) is 2.93. The third kappa shape index (κ3) is 3.41. The van der Waals surface area contributed by atoms with E-state index in [2.05, 4.69) is 0 Å². The van der Waals surface area contributed by atoms with Gasteiger partial charge in [0.2, 0.25) is 11.8 Å². The largest absolute Gasteiger partial charge is 0.370 e. The van der Waals surface area contributed by atoms with Crippen molar-refractivity contribution in [2.75, 3.05) is 37.9 Å². The lowest BCUT2D eigenvalue weighted by Crippen LogP contribution is -2.47. The van der Waals surface area contributed by atoms with E-state index in [9.17, 15) is 14.0 Å². The number of hydrogen-bond acceptors (Lipinski definition) is 4. The summed E-state index contributed by atoms with van der Waals surface area (Å²) < 4.78 is 18.7. The number of morpholine rings is 1. The topological polar surface area (TPSA) is 49.9 Å². The fourth-order valence-corrected chi connectivity index (χ4v) is 3.46. The van der Waals surface area contributed by atoms with Crippen LogP contribution in [0.3, 0.4) is 0 Å². The van der Waals surface area contributed by atoms with Gasteiger partial charge in [0.05, 0.1) is 24.8 Å². The first kappa shape index (κ1) is 15.3. The second-order valence-electron chi connectivity index (χ2n) is 5.32. The molecule has 1 atom stereocenters. The van der Waals surface area contributed by atoms with E-state index < -0.39 is 0 Å². The van der Waals surface area contributed by atoms with E-state index in [4.69, 9.17) is 4.74 Å². The van der Waals surface area contributed by atoms with Gasteiger partial charge in [-0.3, -0.25) is 9.59 Å². The van der Waals surface area contributed by atoms with Crippen LogP contribution in [0.25, 0.3) is 0 Å². The van der Waals surface area contributed by atoms with Crippen LogP contribution >= 0.6 is 11.8 Å². The summed E-state index contributed by atoms with van der Waals surface area (Å²) >= 11 is 1.52. The number of hydrogen-bond donors (Lipinski definition) is 0. The molecule has 0 aromatic heterocycles. The molecule has 118 valence electrons. The van der Waals surface area contributed by atoms with E-state index in [0.717, 1.165) is 5.56 Å². The normalized spacial score (nSPS) is 22.2. The zero-order chi connectivity index (χ0) is 15.5. The van der Waals surface area contributed by atoms with Crippen molar-refractivity contribution in [3.05, 3.63) is 35.6 Å². The number of amides is 2. The van der Waals surface area contributed by atoms with E-state index in [0.29, 0.717) is 31.3 Å². The lowest BCUT2D eigenvalue weighted by molar-refractivity contribution is -0.143. The van der Waals surface area contributed by atoms with E-state index >= 15 is 0 Å². The number of halogens is 1. The van der Waals surface area contributed by atoms with Crippen molar-refractivity contribution in [2.45, 2.75) is 6.10 Å². The van der Waals surface area contributed by atoms with Crippen LogP contribution in [0.5, 0.6) is 0 Å². The molecule has 2 fully saturated rings. The lowest BCUT2D eigenvalue weighted by Gasteiger charge is -2.34. The lowest BCUT2D eigenvalue weighted by atomic mass is 10.1. The molecule has 2 aliphatic rings. The highest BCUT2D eigenvalue weighted by atomic mass is 32.2. The van der Waals surface area contributed by atoms with Crippen LogP contribution in [0.2, 0.25) is 0 Å². The van der Waals surface area contributed by atoms with Gasteiger partial charge in [0.15, 0.2) is 0 Å². The summed E-state index contributed by atoms with van der Waals surface area (Å²) in [5.41, 5.74) is 0.853. The molecule has 7 heteroatoms. The van der Waals surface area contributed by atoms with Crippen LogP contribution in [-0.4, -0.2) is 59.5 Å². The molecule has 3 rings (SSSR count). The average molecular weight is 324 g/mol. The monoisotopic (exact) mass is 324 g/mol. The number of carbonyl (C=O) groups excluding carboxylic acids is 2. The van der Waals surface area contributed by atoms with E-state index in [1.54, 1.807) is 21.9 Å². The summed E-state index contributed by atoms with van der Waals surface area (Å²) in [7, 11) is 0. The Morgan fingerprint density at radius 2 is 2.14 bits per heavy atom. The maximum atomic E-state index is 13.0. The Hall–Kier alpha value is -1.60. The molecule has 0 spiro atoms. The van der Waals surface area contributed by atoms with Gasteiger partial charge in [-0.25, -0.2) is 4.39 Å². The highest BCUT2D eigenvalue weighted by Gasteiger charge is 2.29. The zero-order valence-corrected chi connectivity index (χ0v) is 12.9. The Morgan fingerprint density at radius 3 is 2.82 bits per heavy atom. The van der Waals surface area contributed by atoms with Crippen molar-refractivity contribution in [1.82, 2.24) is 9.80 Å². The van der Waals surface area contributed by atoms with Crippen LogP contribution in [0.1, 0.15) is 11.7 Å². The van der Waals surface area contributed by atoms with Gasteiger partial charge in [0.1, 0.15) is 18.5 Å². The minimum Gasteiger partial charge on any atom is -0.370 e. The summed E-state index contributed by atoms with van der Waals surface area (Å²) in [4.78, 5) is 27.2. The first-order chi connectivity index (χ1) is 10.6. The molecular formula is C15H17FN2O3S. The highest BCUT2D eigenvalue weighted by Crippen LogP contribution is 2.23. The van der Waals surface area contributed by atoms with Crippen molar-refractivity contribution in [1.29, 1.82) is 0 Å². The van der Waals surface area contributed by atoms with Crippen molar-refractivity contribution in [2.24, 2.45) is 0 Å². The first-order valence-corrected chi connectivity index (χ1v) is 8.29. The second-order valence-corrected chi connectivity index (χ2v) is 6.28. The number of benzene rings is 1. The van der Waals surface area contributed by atoms with Crippen molar-refractivity contribution in [3.63, 3.8) is 0 Å². The van der Waals surface area contributed by atoms with Crippen molar-refractivity contribution in [3.8, 4) is 0 Å². The number of nitrogens with zero attached hydrogens (tertiary/aromatic N) is 2. The summed E-state index contributed by atoms with van der Waals surface area (Å²) in [5, 5.41) is 0. The molecule has 5 nitrogen and oxygen atoms in total. The number of rotatable bonds is 3. The Morgan fingerprint density at radius 1 is 1.36 bits per heavy atom. The second kappa shape index (κ2) is 6.66. The van der Waals surface area contributed by atoms with Gasteiger partial charge in [-0.2, -0.15) is 0 Å². The summed E-state index contributed by atoms with van der Waals surface area (Å²) in [5.74, 6) is 0.691. The summed E-state index contributed by atoms with van der Waals surface area (Å²) in [6.45, 7) is 1.52. The fourth-order valence-electron chi connectivity index (χ4n) is 2.56. The van der Waals surface area contributed by atoms with Crippen LogP contribution in [-0.2, 0) is 14.3 Å². The minimum atomic E-state index is -0.294. The molecule has 1 aromatic rings. The van der Waals surface area contributed by atoms with Gasteiger partial charge >= 0.3 is 0 Å². The van der Waals surface area contributed by atoms with Gasteiger partial charge in [-0.15, -0.1) is 11.8 Å². The van der Waals surface area contributed by atoms with Gasteiger partial charge in [0.25, 0.3) is 0 Å². The molecule has 22 heavy (non-hydrogen) atoms. The van der Waals surface area contributed by atoms with Gasteiger partial charge in [0, 0.05) is 6.54 Å².